The summed E-state index contributed by atoms with van der Waals surface area (Å²) in [6.07, 6.45) is 1.49. The normalized spacial score (nSPS) is 12.7. The SMILES string of the molecule is NNC(c1cc2ccccc2o1)c1cc(Cl)cnc1N. The minimum atomic E-state index is -0.409. The summed E-state index contributed by atoms with van der Waals surface area (Å²) in [5.41, 5.74) is 10.0. The van der Waals surface area contributed by atoms with Crippen LogP contribution in [0.1, 0.15) is 17.4 Å². The largest absolute Gasteiger partial charge is 0.459 e. The molecule has 0 fully saturated rings. The van der Waals surface area contributed by atoms with Crippen LogP contribution in [-0.2, 0) is 0 Å². The van der Waals surface area contributed by atoms with Crippen molar-refractivity contribution in [3.8, 4) is 0 Å². The first-order valence-electron chi connectivity index (χ1n) is 6.04. The molecule has 20 heavy (non-hydrogen) atoms. The average Bonchev–Trinajstić information content (AvgIpc) is 2.87. The summed E-state index contributed by atoms with van der Waals surface area (Å²) in [6.45, 7) is 0. The molecule has 0 spiro atoms. The number of nitrogens with two attached hydrogens (primary N) is 2. The van der Waals surface area contributed by atoms with Crippen molar-refractivity contribution in [1.29, 1.82) is 0 Å². The van der Waals surface area contributed by atoms with Crippen molar-refractivity contribution in [3.63, 3.8) is 0 Å². The average molecular weight is 289 g/mol. The number of nitrogens with one attached hydrogen (secondary N) is 1. The van der Waals surface area contributed by atoms with Gasteiger partial charge in [-0.25, -0.2) is 10.4 Å². The predicted molar refractivity (Wildman–Crippen MR) is 79.0 cm³/mol. The van der Waals surface area contributed by atoms with Crippen molar-refractivity contribution in [2.45, 2.75) is 6.04 Å². The Morgan fingerprint density at radius 3 is 2.80 bits per heavy atom. The van der Waals surface area contributed by atoms with Gasteiger partial charge in [-0.2, -0.15) is 0 Å². The van der Waals surface area contributed by atoms with Crippen LogP contribution in [0.15, 0.2) is 47.0 Å². The number of benzene rings is 1. The molecule has 0 bridgehead atoms. The van der Waals surface area contributed by atoms with Crippen LogP contribution in [-0.4, -0.2) is 4.98 Å². The molecular weight excluding hydrogens is 276 g/mol. The van der Waals surface area contributed by atoms with Gasteiger partial charge in [0.2, 0.25) is 0 Å². The van der Waals surface area contributed by atoms with Crippen molar-refractivity contribution < 1.29 is 4.42 Å². The highest BCUT2D eigenvalue weighted by molar-refractivity contribution is 6.30. The predicted octanol–water partition coefficient (Wildman–Crippen LogP) is 2.62. The zero-order valence-corrected chi connectivity index (χ0v) is 11.3. The fourth-order valence-corrected chi connectivity index (χ4v) is 2.33. The molecule has 0 aliphatic heterocycles. The lowest BCUT2D eigenvalue weighted by Gasteiger charge is -2.15. The minimum absolute atomic E-state index is 0.359. The van der Waals surface area contributed by atoms with Gasteiger partial charge >= 0.3 is 0 Å². The summed E-state index contributed by atoms with van der Waals surface area (Å²) >= 11 is 5.97. The third-order valence-corrected chi connectivity index (χ3v) is 3.33. The van der Waals surface area contributed by atoms with Crippen molar-refractivity contribution >= 4 is 28.4 Å². The summed E-state index contributed by atoms with van der Waals surface area (Å²) in [6, 6.07) is 11.0. The van der Waals surface area contributed by atoms with Crippen molar-refractivity contribution in [2.75, 3.05) is 5.73 Å². The van der Waals surface area contributed by atoms with Crippen LogP contribution in [0.4, 0.5) is 5.82 Å². The molecule has 5 N–H and O–H groups in total. The number of anilines is 1. The van der Waals surface area contributed by atoms with Crippen LogP contribution in [0.5, 0.6) is 0 Å². The highest BCUT2D eigenvalue weighted by Gasteiger charge is 2.20. The number of fused-ring (bicyclic) bond motifs is 1. The van der Waals surface area contributed by atoms with Crippen LogP contribution in [0.3, 0.4) is 0 Å². The van der Waals surface area contributed by atoms with E-state index < -0.39 is 6.04 Å². The van der Waals surface area contributed by atoms with E-state index in [9.17, 15) is 0 Å². The summed E-state index contributed by atoms with van der Waals surface area (Å²) in [5, 5.41) is 1.49. The maximum absolute atomic E-state index is 5.97. The van der Waals surface area contributed by atoms with Crippen LogP contribution in [0.2, 0.25) is 5.02 Å². The van der Waals surface area contributed by atoms with E-state index in [0.29, 0.717) is 22.2 Å². The van der Waals surface area contributed by atoms with E-state index >= 15 is 0 Å². The summed E-state index contributed by atoms with van der Waals surface area (Å²) in [4.78, 5) is 4.04. The van der Waals surface area contributed by atoms with Gasteiger partial charge in [0, 0.05) is 17.1 Å². The zero-order valence-electron chi connectivity index (χ0n) is 10.5. The number of nitrogens with zero attached hydrogens (tertiary/aromatic N) is 1. The summed E-state index contributed by atoms with van der Waals surface area (Å²) in [5.74, 6) is 6.66. The molecule has 2 aromatic heterocycles. The smallest absolute Gasteiger partial charge is 0.134 e. The number of hydrogen-bond donors (Lipinski definition) is 3. The van der Waals surface area contributed by atoms with Gasteiger partial charge in [0.25, 0.3) is 0 Å². The van der Waals surface area contributed by atoms with E-state index in [2.05, 4.69) is 10.4 Å². The number of para-hydroxylation sites is 1. The van der Waals surface area contributed by atoms with E-state index in [4.69, 9.17) is 27.6 Å². The molecule has 3 rings (SSSR count). The fourth-order valence-electron chi connectivity index (χ4n) is 2.17. The Kier molecular flexibility index (Phi) is 3.31. The van der Waals surface area contributed by atoms with Crippen LogP contribution in [0, 0.1) is 0 Å². The van der Waals surface area contributed by atoms with Gasteiger partial charge in [-0.1, -0.05) is 29.8 Å². The van der Waals surface area contributed by atoms with Gasteiger partial charge in [-0.05, 0) is 18.2 Å². The second kappa shape index (κ2) is 5.13. The third kappa shape index (κ3) is 2.22. The van der Waals surface area contributed by atoms with Crippen molar-refractivity contribution in [3.05, 3.63) is 58.9 Å². The maximum atomic E-state index is 5.97. The maximum Gasteiger partial charge on any atom is 0.134 e. The molecule has 0 saturated heterocycles. The van der Waals surface area contributed by atoms with Gasteiger partial charge < -0.3 is 10.2 Å². The first-order valence-corrected chi connectivity index (χ1v) is 6.42. The molecule has 1 aromatic carbocycles. The molecule has 102 valence electrons. The van der Waals surface area contributed by atoms with Crippen molar-refractivity contribution in [1.82, 2.24) is 10.4 Å². The molecule has 1 atom stereocenters. The van der Waals surface area contributed by atoms with E-state index in [-0.39, 0.29) is 0 Å². The van der Waals surface area contributed by atoms with Crippen LogP contribution >= 0.6 is 11.6 Å². The lowest BCUT2D eigenvalue weighted by molar-refractivity contribution is 0.477. The Morgan fingerprint density at radius 2 is 2.05 bits per heavy atom. The van der Waals surface area contributed by atoms with Crippen LogP contribution < -0.4 is 17.0 Å². The van der Waals surface area contributed by atoms with Gasteiger partial charge in [0.05, 0.1) is 5.02 Å². The fraction of sp³-hybridized carbons (Fsp3) is 0.0714. The molecule has 6 heteroatoms. The number of pyridine rings is 1. The molecular formula is C14H13ClN4O. The molecule has 0 aliphatic carbocycles. The molecule has 3 aromatic rings. The summed E-state index contributed by atoms with van der Waals surface area (Å²) in [7, 11) is 0. The number of nitrogen functional groups attached to an aromatic ring is 1. The van der Waals surface area contributed by atoms with E-state index in [0.717, 1.165) is 11.0 Å². The minimum Gasteiger partial charge on any atom is -0.459 e. The summed E-state index contributed by atoms with van der Waals surface area (Å²) < 4.78 is 5.80. The molecule has 1 unspecified atom stereocenters. The van der Waals surface area contributed by atoms with Gasteiger partial charge in [-0.3, -0.25) is 5.84 Å². The highest BCUT2D eigenvalue weighted by atomic mass is 35.5. The standard InChI is InChI=1S/C14H13ClN4O/c15-9-6-10(14(16)18-7-9)13(19-17)12-5-8-3-1-2-4-11(8)20-12/h1-7,13,19H,17H2,(H2,16,18). The highest BCUT2D eigenvalue weighted by Crippen LogP contribution is 2.31. The van der Waals surface area contributed by atoms with E-state index in [1.807, 2.05) is 30.3 Å². The topological polar surface area (TPSA) is 90.1 Å². The van der Waals surface area contributed by atoms with E-state index in [1.54, 1.807) is 6.07 Å². The second-order valence-electron chi connectivity index (χ2n) is 4.41. The van der Waals surface area contributed by atoms with E-state index in [1.165, 1.54) is 6.20 Å². The van der Waals surface area contributed by atoms with Crippen molar-refractivity contribution in [2.24, 2.45) is 5.84 Å². The number of hydrogen-bond acceptors (Lipinski definition) is 5. The Morgan fingerprint density at radius 1 is 1.25 bits per heavy atom. The van der Waals surface area contributed by atoms with Gasteiger partial charge in [0.1, 0.15) is 23.2 Å². The Labute approximate surface area is 120 Å². The molecule has 2 heterocycles. The second-order valence-corrected chi connectivity index (χ2v) is 4.85. The third-order valence-electron chi connectivity index (χ3n) is 3.12. The number of furan rings is 1. The molecule has 0 aliphatic rings. The number of halogens is 1. The first-order chi connectivity index (χ1) is 9.69. The lowest BCUT2D eigenvalue weighted by Crippen LogP contribution is -2.29. The first kappa shape index (κ1) is 12.9. The molecule has 0 radical (unpaired) electrons. The van der Waals surface area contributed by atoms with Gasteiger partial charge in [0.15, 0.2) is 0 Å². The molecule has 0 saturated carbocycles. The Hall–Kier alpha value is -2.08. The number of aromatic nitrogens is 1. The Bertz CT molecular complexity index is 723. The quantitative estimate of drug-likeness (QED) is 0.509. The molecule has 5 nitrogen and oxygen atoms in total. The lowest BCUT2D eigenvalue weighted by atomic mass is 10.1. The Balaban J connectivity index is 2.11. The number of hydrazine groups is 1. The monoisotopic (exact) mass is 288 g/mol. The zero-order chi connectivity index (χ0) is 14.1. The van der Waals surface area contributed by atoms with Gasteiger partial charge in [-0.15, -0.1) is 0 Å². The molecule has 0 amide bonds. The number of rotatable bonds is 3. The van der Waals surface area contributed by atoms with Crippen LogP contribution in [0.25, 0.3) is 11.0 Å².